The van der Waals surface area contributed by atoms with Crippen LogP contribution in [0.4, 0.5) is 4.79 Å². The van der Waals surface area contributed by atoms with Gasteiger partial charge in [-0.3, -0.25) is 9.59 Å². The van der Waals surface area contributed by atoms with E-state index in [4.69, 9.17) is 14.9 Å². The molecule has 1 aromatic carbocycles. The first-order chi connectivity index (χ1) is 11.6. The van der Waals surface area contributed by atoms with Crippen LogP contribution in [0.15, 0.2) is 30.3 Å². The summed E-state index contributed by atoms with van der Waals surface area (Å²) < 4.78 is 4.98. The van der Waals surface area contributed by atoms with Crippen LogP contribution < -0.4 is 16.0 Å². The molecule has 0 fully saturated rings. The third-order valence-corrected chi connectivity index (χ3v) is 2.88. The summed E-state index contributed by atoms with van der Waals surface area (Å²) in [5.41, 5.74) is 0.853. The predicted octanol–water partition coefficient (Wildman–Crippen LogP) is -1.50. The molecule has 1 unspecified atom stereocenters. The molecule has 3 amide bonds. The van der Waals surface area contributed by atoms with Crippen LogP contribution in [-0.4, -0.2) is 60.5 Å². The van der Waals surface area contributed by atoms with Crippen LogP contribution in [-0.2, 0) is 20.9 Å². The van der Waals surface area contributed by atoms with E-state index in [1.54, 1.807) is 0 Å². The summed E-state index contributed by atoms with van der Waals surface area (Å²) in [7, 11) is 0. The van der Waals surface area contributed by atoms with Crippen molar-refractivity contribution in [1.29, 1.82) is 0 Å². The number of nitrogens with one attached hydrogen (secondary N) is 3. The fourth-order valence-electron chi connectivity index (χ4n) is 1.68. The van der Waals surface area contributed by atoms with E-state index in [0.29, 0.717) is 0 Å². The third-order valence-electron chi connectivity index (χ3n) is 2.88. The van der Waals surface area contributed by atoms with Crippen LogP contribution in [0.5, 0.6) is 0 Å². The van der Waals surface area contributed by atoms with Crippen molar-refractivity contribution in [3.63, 3.8) is 0 Å². The Morgan fingerprint density at radius 1 is 1.04 bits per heavy atom. The quantitative estimate of drug-likeness (QED) is 0.347. The molecule has 0 spiro atoms. The van der Waals surface area contributed by atoms with Gasteiger partial charge in [-0.05, 0) is 5.56 Å². The lowest BCUT2D eigenvalue weighted by Crippen LogP contribution is -2.50. The highest BCUT2D eigenvalue weighted by Crippen LogP contribution is 2.00. The summed E-state index contributed by atoms with van der Waals surface area (Å²) >= 11 is 0. The number of carbonyl (C=O) groups is 3. The van der Waals surface area contributed by atoms with Gasteiger partial charge in [-0.1, -0.05) is 30.3 Å². The average molecular weight is 339 g/mol. The van der Waals surface area contributed by atoms with Crippen molar-refractivity contribution in [3.8, 4) is 0 Å². The number of rotatable bonds is 9. The van der Waals surface area contributed by atoms with Crippen LogP contribution in [0, 0.1) is 0 Å². The second kappa shape index (κ2) is 11.0. The lowest BCUT2D eigenvalue weighted by molar-refractivity contribution is -0.131. The van der Waals surface area contributed by atoms with Crippen molar-refractivity contribution in [2.45, 2.75) is 12.6 Å². The Hall–Kier alpha value is -2.65. The number of aliphatic hydroxyl groups is 2. The molecule has 1 rings (SSSR count). The lowest BCUT2D eigenvalue weighted by Gasteiger charge is -2.15. The van der Waals surface area contributed by atoms with E-state index in [-0.39, 0.29) is 19.7 Å². The van der Waals surface area contributed by atoms with E-state index < -0.39 is 37.2 Å². The maximum absolute atomic E-state index is 11.7. The molecular formula is C15H21N3O6. The summed E-state index contributed by atoms with van der Waals surface area (Å²) in [5.74, 6) is -1.40. The molecule has 5 N–H and O–H groups in total. The Balaban J connectivity index is 2.18. The van der Waals surface area contributed by atoms with Crippen LogP contribution in [0.25, 0.3) is 0 Å². The molecule has 132 valence electrons. The summed E-state index contributed by atoms with van der Waals surface area (Å²) in [6.45, 7) is -1.04. The highest BCUT2D eigenvalue weighted by molar-refractivity contribution is 5.88. The topological polar surface area (TPSA) is 137 Å². The number of alkyl carbamates (subject to hydrolysis) is 1. The molecule has 1 atom stereocenters. The minimum atomic E-state index is -1.16. The van der Waals surface area contributed by atoms with Gasteiger partial charge in [-0.25, -0.2) is 4.79 Å². The van der Waals surface area contributed by atoms with Crippen LogP contribution in [0.1, 0.15) is 5.56 Å². The molecular weight excluding hydrogens is 318 g/mol. The van der Waals surface area contributed by atoms with Gasteiger partial charge in [0.1, 0.15) is 19.3 Å². The summed E-state index contributed by atoms with van der Waals surface area (Å²) in [6.07, 6.45) is -0.625. The highest BCUT2D eigenvalue weighted by Gasteiger charge is 2.18. The van der Waals surface area contributed by atoms with E-state index in [9.17, 15) is 14.4 Å². The van der Waals surface area contributed by atoms with Crippen molar-refractivity contribution in [1.82, 2.24) is 16.0 Å². The van der Waals surface area contributed by atoms with Crippen molar-refractivity contribution in [2.75, 3.05) is 26.3 Å². The minimum Gasteiger partial charge on any atom is -0.445 e. The molecule has 0 saturated heterocycles. The van der Waals surface area contributed by atoms with Gasteiger partial charge >= 0.3 is 6.09 Å². The molecule has 0 aliphatic carbocycles. The zero-order valence-electron chi connectivity index (χ0n) is 13.0. The molecule has 1 aromatic rings. The number of aliphatic hydroxyl groups excluding tert-OH is 2. The van der Waals surface area contributed by atoms with Crippen LogP contribution >= 0.6 is 0 Å². The van der Waals surface area contributed by atoms with E-state index in [0.717, 1.165) is 5.56 Å². The van der Waals surface area contributed by atoms with Crippen molar-refractivity contribution in [2.24, 2.45) is 0 Å². The molecule has 0 aromatic heterocycles. The van der Waals surface area contributed by atoms with Crippen molar-refractivity contribution < 1.29 is 29.3 Å². The second-order valence-electron chi connectivity index (χ2n) is 4.74. The monoisotopic (exact) mass is 339 g/mol. The first kappa shape index (κ1) is 19.4. The third kappa shape index (κ3) is 7.56. The normalized spacial score (nSPS) is 11.2. The maximum Gasteiger partial charge on any atom is 0.407 e. The van der Waals surface area contributed by atoms with Crippen LogP contribution in [0.3, 0.4) is 0 Å². The van der Waals surface area contributed by atoms with Gasteiger partial charge in [-0.2, -0.15) is 0 Å². The van der Waals surface area contributed by atoms with Gasteiger partial charge in [0.2, 0.25) is 11.8 Å². The Kier molecular flexibility index (Phi) is 8.87. The van der Waals surface area contributed by atoms with Gasteiger partial charge in [-0.15, -0.1) is 0 Å². The SMILES string of the molecule is O=C(CO)NC(CO)C(=O)NCCNC(=O)OCc1ccccc1. The number of benzene rings is 1. The standard InChI is InChI=1S/C15H21N3O6/c19-8-12(18-13(21)9-20)14(22)16-6-7-17-15(23)24-10-11-4-2-1-3-5-11/h1-5,12,19-20H,6-10H2,(H,16,22)(H,17,23)(H,18,21). The highest BCUT2D eigenvalue weighted by atomic mass is 16.5. The van der Waals surface area contributed by atoms with E-state index in [1.165, 1.54) is 0 Å². The van der Waals surface area contributed by atoms with Gasteiger partial charge in [0.15, 0.2) is 0 Å². The van der Waals surface area contributed by atoms with Gasteiger partial charge in [0.25, 0.3) is 0 Å². The fraction of sp³-hybridized carbons (Fsp3) is 0.400. The molecule has 0 radical (unpaired) electrons. The first-order valence-corrected chi connectivity index (χ1v) is 7.30. The number of ether oxygens (including phenoxy) is 1. The molecule has 0 bridgehead atoms. The molecule has 0 heterocycles. The van der Waals surface area contributed by atoms with Crippen molar-refractivity contribution in [3.05, 3.63) is 35.9 Å². The zero-order valence-corrected chi connectivity index (χ0v) is 13.0. The molecule has 0 saturated carbocycles. The largest absolute Gasteiger partial charge is 0.445 e. The Morgan fingerprint density at radius 2 is 1.71 bits per heavy atom. The predicted molar refractivity (Wildman–Crippen MR) is 83.7 cm³/mol. The van der Waals surface area contributed by atoms with Crippen molar-refractivity contribution >= 4 is 17.9 Å². The number of amides is 3. The van der Waals surface area contributed by atoms with E-state index >= 15 is 0 Å². The Bertz CT molecular complexity index is 537. The Morgan fingerprint density at radius 3 is 2.33 bits per heavy atom. The molecule has 24 heavy (non-hydrogen) atoms. The average Bonchev–Trinajstić information content (AvgIpc) is 2.61. The van der Waals surface area contributed by atoms with Crippen LogP contribution in [0.2, 0.25) is 0 Å². The number of hydrogen-bond donors (Lipinski definition) is 5. The summed E-state index contributed by atoms with van der Waals surface area (Å²) in [4.78, 5) is 34.1. The summed E-state index contributed by atoms with van der Waals surface area (Å²) in [5, 5.41) is 24.6. The van der Waals surface area contributed by atoms with E-state index in [1.807, 2.05) is 30.3 Å². The molecule has 9 nitrogen and oxygen atoms in total. The lowest BCUT2D eigenvalue weighted by atomic mass is 10.2. The molecule has 9 heteroatoms. The summed E-state index contributed by atoms with van der Waals surface area (Å²) in [6, 6.07) is 8.01. The first-order valence-electron chi connectivity index (χ1n) is 7.30. The fourth-order valence-corrected chi connectivity index (χ4v) is 1.68. The minimum absolute atomic E-state index is 0.0881. The van der Waals surface area contributed by atoms with Gasteiger partial charge < -0.3 is 30.9 Å². The van der Waals surface area contributed by atoms with Gasteiger partial charge in [0.05, 0.1) is 6.61 Å². The van der Waals surface area contributed by atoms with Gasteiger partial charge in [0, 0.05) is 13.1 Å². The number of carbonyl (C=O) groups excluding carboxylic acids is 3. The molecule has 0 aliphatic rings. The smallest absolute Gasteiger partial charge is 0.407 e. The van der Waals surface area contributed by atoms with E-state index in [2.05, 4.69) is 16.0 Å². The second-order valence-corrected chi connectivity index (χ2v) is 4.74. The maximum atomic E-state index is 11.7. The molecule has 0 aliphatic heterocycles. The zero-order chi connectivity index (χ0) is 17.8. The number of hydrogen-bond acceptors (Lipinski definition) is 6. The Labute approximate surface area is 139 Å².